The second kappa shape index (κ2) is 26.6. The van der Waals surface area contributed by atoms with Crippen molar-refractivity contribution in [2.45, 2.75) is 194 Å². The van der Waals surface area contributed by atoms with E-state index in [1.165, 1.54) is 210 Å². The maximum Gasteiger partial charge on any atom is 0.161 e. The SMILES string of the molecule is CCCCCCCCCCCCCCCCOc1cc2cc3cc4cc5ccccc5cc4cc3cc2cc1OCCCCCCCCCCCCCCCC. The molecule has 0 bridgehead atoms. The summed E-state index contributed by atoms with van der Waals surface area (Å²) in [4.78, 5) is 0. The van der Waals surface area contributed by atoms with Gasteiger partial charge in [0.25, 0.3) is 0 Å². The van der Waals surface area contributed by atoms with Crippen LogP contribution in [0.15, 0.2) is 72.8 Å². The monoisotopic (exact) mass is 759 g/mol. The number of ether oxygens (including phenoxy) is 2. The van der Waals surface area contributed by atoms with Gasteiger partial charge in [-0.1, -0.05) is 205 Å². The normalized spacial score (nSPS) is 11.8. The first-order chi connectivity index (χ1) is 27.7. The maximum absolute atomic E-state index is 6.53. The van der Waals surface area contributed by atoms with Crippen molar-refractivity contribution in [2.75, 3.05) is 13.2 Å². The number of hydrogen-bond donors (Lipinski definition) is 0. The van der Waals surface area contributed by atoms with Crippen molar-refractivity contribution in [1.29, 1.82) is 0 Å². The summed E-state index contributed by atoms with van der Waals surface area (Å²) in [5.41, 5.74) is 0. The van der Waals surface area contributed by atoms with Crippen molar-refractivity contribution in [3.8, 4) is 11.5 Å². The molecule has 306 valence electrons. The van der Waals surface area contributed by atoms with Gasteiger partial charge < -0.3 is 9.47 Å². The predicted octanol–water partition coefficient (Wildman–Crippen LogP) is 18.0. The Labute approximate surface area is 342 Å². The predicted molar refractivity (Wildman–Crippen MR) is 248 cm³/mol. The Morgan fingerprint density at radius 3 is 0.786 bits per heavy atom. The molecule has 0 saturated carbocycles. The Hall–Kier alpha value is -3.26. The molecular formula is C54H78O2. The third-order valence-corrected chi connectivity index (χ3v) is 12.2. The van der Waals surface area contributed by atoms with E-state index < -0.39 is 0 Å². The minimum atomic E-state index is 0.754. The first-order valence-corrected chi connectivity index (χ1v) is 23.8. The standard InChI is InChI=1S/C54H78O2/c1-3-5-7-9-11-13-15-17-19-21-23-25-27-31-35-55-53-43-51-41-49-39-47-37-45-33-29-30-34-46(45)38-48(47)40-50(49)42-52(51)44-54(53)56-36-32-28-26-24-22-20-18-16-14-12-10-8-6-4-2/h29-30,33-34,37-44H,3-28,31-32,35-36H2,1-2H3. The number of rotatable bonds is 32. The fraction of sp³-hybridized carbons (Fsp3) is 0.593. The molecule has 0 fully saturated rings. The lowest BCUT2D eigenvalue weighted by Crippen LogP contribution is -2.03. The highest BCUT2D eigenvalue weighted by Gasteiger charge is 2.11. The highest BCUT2D eigenvalue weighted by atomic mass is 16.5. The summed E-state index contributed by atoms with van der Waals surface area (Å²) in [5.74, 6) is 1.81. The van der Waals surface area contributed by atoms with E-state index in [0.29, 0.717) is 0 Å². The van der Waals surface area contributed by atoms with Gasteiger partial charge in [-0.25, -0.2) is 0 Å². The van der Waals surface area contributed by atoms with Crippen molar-refractivity contribution in [3.63, 3.8) is 0 Å². The van der Waals surface area contributed by atoms with Crippen molar-refractivity contribution in [1.82, 2.24) is 0 Å². The molecule has 0 amide bonds. The Balaban J connectivity index is 1.09. The van der Waals surface area contributed by atoms with E-state index >= 15 is 0 Å². The van der Waals surface area contributed by atoms with E-state index in [4.69, 9.17) is 9.47 Å². The summed E-state index contributed by atoms with van der Waals surface area (Å²) < 4.78 is 13.1. The minimum Gasteiger partial charge on any atom is -0.490 e. The molecule has 5 aromatic rings. The van der Waals surface area contributed by atoms with Gasteiger partial charge in [0.05, 0.1) is 13.2 Å². The largest absolute Gasteiger partial charge is 0.490 e. The number of unbranched alkanes of at least 4 members (excludes halogenated alkanes) is 26. The summed E-state index contributed by atoms with van der Waals surface area (Å²) in [6.07, 6.45) is 38.3. The highest BCUT2D eigenvalue weighted by molar-refractivity contribution is 6.08. The van der Waals surface area contributed by atoms with Crippen molar-refractivity contribution < 1.29 is 9.47 Å². The van der Waals surface area contributed by atoms with E-state index in [-0.39, 0.29) is 0 Å². The first-order valence-electron chi connectivity index (χ1n) is 23.8. The molecule has 0 aromatic heterocycles. The summed E-state index contributed by atoms with van der Waals surface area (Å²) in [7, 11) is 0. The average Bonchev–Trinajstić information content (AvgIpc) is 3.21. The molecule has 5 rings (SSSR count). The number of benzene rings is 5. The van der Waals surface area contributed by atoms with Gasteiger partial charge in [-0.2, -0.15) is 0 Å². The number of hydrogen-bond acceptors (Lipinski definition) is 2. The van der Waals surface area contributed by atoms with Gasteiger partial charge in [0.2, 0.25) is 0 Å². The summed E-state index contributed by atoms with van der Waals surface area (Å²) in [6, 6.07) is 27.2. The zero-order valence-electron chi connectivity index (χ0n) is 36.0. The van der Waals surface area contributed by atoms with E-state index in [2.05, 4.69) is 86.6 Å². The number of fused-ring (bicyclic) bond motifs is 4. The van der Waals surface area contributed by atoms with Crippen LogP contribution >= 0.6 is 0 Å². The van der Waals surface area contributed by atoms with Crippen LogP contribution in [0.5, 0.6) is 11.5 Å². The summed E-state index contributed by atoms with van der Waals surface area (Å²) >= 11 is 0. The zero-order valence-corrected chi connectivity index (χ0v) is 36.0. The van der Waals surface area contributed by atoms with Gasteiger partial charge in [-0.05, 0) is 104 Å². The van der Waals surface area contributed by atoms with E-state index in [0.717, 1.165) is 37.6 Å². The van der Waals surface area contributed by atoms with Gasteiger partial charge in [0.1, 0.15) is 0 Å². The Kier molecular flexibility index (Phi) is 20.8. The average molecular weight is 759 g/mol. The minimum absolute atomic E-state index is 0.754. The molecule has 0 radical (unpaired) electrons. The van der Waals surface area contributed by atoms with Crippen LogP contribution in [0.2, 0.25) is 0 Å². The van der Waals surface area contributed by atoms with Gasteiger partial charge in [0, 0.05) is 0 Å². The lowest BCUT2D eigenvalue weighted by atomic mass is 9.97. The van der Waals surface area contributed by atoms with Gasteiger partial charge in [-0.15, -0.1) is 0 Å². The third kappa shape index (κ3) is 15.6. The van der Waals surface area contributed by atoms with Crippen LogP contribution in [0.25, 0.3) is 43.1 Å². The molecular weight excluding hydrogens is 681 g/mol. The molecule has 0 heterocycles. The van der Waals surface area contributed by atoms with Crippen LogP contribution in [0.4, 0.5) is 0 Å². The molecule has 56 heavy (non-hydrogen) atoms. The van der Waals surface area contributed by atoms with Gasteiger partial charge in [0.15, 0.2) is 11.5 Å². The lowest BCUT2D eigenvalue weighted by Gasteiger charge is -2.15. The smallest absolute Gasteiger partial charge is 0.161 e. The Bertz CT molecular complexity index is 1670. The van der Waals surface area contributed by atoms with Crippen LogP contribution < -0.4 is 9.47 Å². The maximum atomic E-state index is 6.53. The van der Waals surface area contributed by atoms with Crippen LogP contribution in [-0.4, -0.2) is 13.2 Å². The van der Waals surface area contributed by atoms with Crippen LogP contribution in [-0.2, 0) is 0 Å². The molecule has 0 N–H and O–H groups in total. The van der Waals surface area contributed by atoms with Crippen molar-refractivity contribution >= 4 is 43.1 Å². The molecule has 0 spiro atoms. The lowest BCUT2D eigenvalue weighted by molar-refractivity contribution is 0.259. The molecule has 0 unspecified atom stereocenters. The fourth-order valence-corrected chi connectivity index (χ4v) is 8.64. The third-order valence-electron chi connectivity index (χ3n) is 12.2. The van der Waals surface area contributed by atoms with E-state index in [9.17, 15) is 0 Å². The zero-order chi connectivity index (χ0) is 38.9. The molecule has 2 heteroatoms. The van der Waals surface area contributed by atoms with E-state index in [1.54, 1.807) is 0 Å². The van der Waals surface area contributed by atoms with Gasteiger partial charge in [-0.3, -0.25) is 0 Å². The summed E-state index contributed by atoms with van der Waals surface area (Å²) in [6.45, 7) is 6.11. The Morgan fingerprint density at radius 1 is 0.268 bits per heavy atom. The first kappa shape index (κ1) is 43.9. The topological polar surface area (TPSA) is 18.5 Å². The van der Waals surface area contributed by atoms with Crippen LogP contribution in [0.3, 0.4) is 0 Å². The molecule has 0 saturated heterocycles. The second-order valence-corrected chi connectivity index (χ2v) is 17.1. The van der Waals surface area contributed by atoms with Crippen LogP contribution in [0, 0.1) is 0 Å². The molecule has 0 atom stereocenters. The fourth-order valence-electron chi connectivity index (χ4n) is 8.64. The van der Waals surface area contributed by atoms with Gasteiger partial charge >= 0.3 is 0 Å². The summed E-state index contributed by atoms with van der Waals surface area (Å²) in [5, 5.41) is 10.1. The second-order valence-electron chi connectivity index (χ2n) is 17.1. The highest BCUT2D eigenvalue weighted by Crippen LogP contribution is 2.37. The molecule has 5 aromatic carbocycles. The molecule has 0 aliphatic carbocycles. The van der Waals surface area contributed by atoms with E-state index in [1.807, 2.05) is 0 Å². The molecule has 2 nitrogen and oxygen atoms in total. The van der Waals surface area contributed by atoms with Crippen molar-refractivity contribution in [2.24, 2.45) is 0 Å². The van der Waals surface area contributed by atoms with Crippen LogP contribution in [0.1, 0.15) is 194 Å². The molecule has 0 aliphatic heterocycles. The quantitative estimate of drug-likeness (QED) is 0.0321. The molecule has 0 aliphatic rings. The van der Waals surface area contributed by atoms with Crippen molar-refractivity contribution in [3.05, 3.63) is 72.8 Å². The Morgan fingerprint density at radius 2 is 0.500 bits per heavy atom.